The Hall–Kier alpha value is -2.64. The lowest BCUT2D eigenvalue weighted by molar-refractivity contribution is -0.123. The van der Waals surface area contributed by atoms with Crippen LogP contribution in [0.5, 0.6) is 0 Å². The first-order chi connectivity index (χ1) is 13.9. The van der Waals surface area contributed by atoms with Gasteiger partial charge in [0.2, 0.25) is 0 Å². The number of benzene rings is 2. The number of thiazole rings is 1. The van der Waals surface area contributed by atoms with Crippen LogP contribution in [0.2, 0.25) is 0 Å². The van der Waals surface area contributed by atoms with E-state index in [1.807, 2.05) is 49.6 Å². The highest BCUT2D eigenvalue weighted by Gasteiger charge is 2.21. The van der Waals surface area contributed by atoms with Crippen LogP contribution in [0.4, 0.5) is 5.69 Å². The molecule has 3 aromatic rings. The van der Waals surface area contributed by atoms with Crippen molar-refractivity contribution in [3.05, 3.63) is 75.7 Å². The zero-order valence-corrected chi connectivity index (χ0v) is 18.1. The molecule has 29 heavy (non-hydrogen) atoms. The molecular formula is C22H22N2O3S2. The SMILES string of the molecule is Cc1ccc(C)c(NC(=O)C(C)OC(=O)c2ccccc2SCc2cscn2)c1. The Balaban J connectivity index is 1.64. The van der Waals surface area contributed by atoms with Crippen LogP contribution in [0.25, 0.3) is 0 Å². The summed E-state index contributed by atoms with van der Waals surface area (Å²) in [4.78, 5) is 30.3. The standard InChI is InChI=1S/C22H22N2O3S2/c1-14-8-9-15(2)19(10-14)24-21(25)16(3)27-22(26)18-6-4-5-7-20(18)29-12-17-11-28-13-23-17/h4-11,13,16H,12H2,1-3H3,(H,24,25). The minimum Gasteiger partial charge on any atom is -0.449 e. The molecule has 0 aliphatic heterocycles. The zero-order valence-electron chi connectivity index (χ0n) is 16.5. The molecule has 0 aliphatic rings. The molecule has 1 N–H and O–H groups in total. The van der Waals surface area contributed by atoms with Crippen molar-refractivity contribution in [3.63, 3.8) is 0 Å². The molecule has 1 aromatic heterocycles. The lowest BCUT2D eigenvalue weighted by Gasteiger charge is -2.16. The summed E-state index contributed by atoms with van der Waals surface area (Å²) >= 11 is 3.06. The van der Waals surface area contributed by atoms with E-state index in [-0.39, 0.29) is 5.91 Å². The van der Waals surface area contributed by atoms with E-state index in [0.717, 1.165) is 27.4 Å². The van der Waals surface area contributed by atoms with Crippen LogP contribution in [0.15, 0.2) is 58.3 Å². The quantitative estimate of drug-likeness (QED) is 0.413. The van der Waals surface area contributed by atoms with Crippen molar-refractivity contribution in [1.82, 2.24) is 4.98 Å². The Bertz CT molecular complexity index is 1000. The molecule has 0 aliphatic carbocycles. The zero-order chi connectivity index (χ0) is 20.8. The number of nitrogens with one attached hydrogen (secondary N) is 1. The van der Waals surface area contributed by atoms with Gasteiger partial charge in [-0.1, -0.05) is 24.3 Å². The fraction of sp³-hybridized carbons (Fsp3) is 0.227. The summed E-state index contributed by atoms with van der Waals surface area (Å²) in [5.41, 5.74) is 5.90. The second-order valence-corrected chi connectivity index (χ2v) is 8.36. The van der Waals surface area contributed by atoms with Crippen LogP contribution in [0.3, 0.4) is 0 Å². The summed E-state index contributed by atoms with van der Waals surface area (Å²) in [6.07, 6.45) is -0.918. The van der Waals surface area contributed by atoms with Crippen molar-refractivity contribution in [2.24, 2.45) is 0 Å². The third-order valence-electron chi connectivity index (χ3n) is 4.27. The fourth-order valence-corrected chi connectivity index (χ4v) is 4.21. The van der Waals surface area contributed by atoms with Crippen LogP contribution in [0.1, 0.15) is 34.1 Å². The number of rotatable bonds is 7. The van der Waals surface area contributed by atoms with Crippen molar-refractivity contribution in [3.8, 4) is 0 Å². The van der Waals surface area contributed by atoms with Gasteiger partial charge in [-0.25, -0.2) is 9.78 Å². The van der Waals surface area contributed by atoms with Crippen molar-refractivity contribution in [2.45, 2.75) is 37.5 Å². The number of aryl methyl sites for hydroxylation is 2. The van der Waals surface area contributed by atoms with E-state index in [9.17, 15) is 9.59 Å². The second-order valence-electron chi connectivity index (χ2n) is 6.62. The monoisotopic (exact) mass is 426 g/mol. The Labute approximate surface area is 178 Å². The molecule has 150 valence electrons. The molecule has 1 heterocycles. The van der Waals surface area contributed by atoms with Crippen LogP contribution < -0.4 is 5.32 Å². The number of amides is 1. The van der Waals surface area contributed by atoms with Gasteiger partial charge in [-0.05, 0) is 50.1 Å². The summed E-state index contributed by atoms with van der Waals surface area (Å²) < 4.78 is 5.44. The number of carbonyl (C=O) groups excluding carboxylic acids is 2. The maximum absolute atomic E-state index is 12.7. The largest absolute Gasteiger partial charge is 0.449 e. The Kier molecular flexibility index (Phi) is 7.06. The summed E-state index contributed by atoms with van der Waals surface area (Å²) in [5, 5.41) is 4.82. The van der Waals surface area contributed by atoms with E-state index < -0.39 is 12.1 Å². The molecule has 0 bridgehead atoms. The summed E-state index contributed by atoms with van der Waals surface area (Å²) in [6.45, 7) is 5.45. The van der Waals surface area contributed by atoms with Crippen LogP contribution in [-0.4, -0.2) is 23.0 Å². The van der Waals surface area contributed by atoms with Gasteiger partial charge in [0.05, 0.1) is 16.8 Å². The first kappa shape index (κ1) is 21.1. The maximum Gasteiger partial charge on any atom is 0.340 e. The molecule has 0 radical (unpaired) electrons. The molecule has 0 fully saturated rings. The molecule has 5 nitrogen and oxygen atoms in total. The molecule has 2 aromatic carbocycles. The third-order valence-corrected chi connectivity index (χ3v) is 6.01. The highest BCUT2D eigenvalue weighted by Crippen LogP contribution is 2.27. The van der Waals surface area contributed by atoms with Gasteiger partial charge in [0.1, 0.15) is 0 Å². The number of nitrogens with zero attached hydrogens (tertiary/aromatic N) is 1. The third kappa shape index (κ3) is 5.68. The van der Waals surface area contributed by atoms with E-state index in [4.69, 9.17) is 4.74 Å². The van der Waals surface area contributed by atoms with E-state index >= 15 is 0 Å². The number of carbonyl (C=O) groups is 2. The number of ether oxygens (including phenoxy) is 1. The molecule has 1 unspecified atom stereocenters. The normalized spacial score (nSPS) is 11.7. The highest BCUT2D eigenvalue weighted by molar-refractivity contribution is 7.98. The van der Waals surface area contributed by atoms with Crippen molar-refractivity contribution < 1.29 is 14.3 Å². The maximum atomic E-state index is 12.7. The molecule has 3 rings (SSSR count). The fourth-order valence-electron chi connectivity index (χ4n) is 2.60. The van der Waals surface area contributed by atoms with Crippen LogP contribution in [-0.2, 0) is 15.3 Å². The Morgan fingerprint density at radius 1 is 1.21 bits per heavy atom. The van der Waals surface area contributed by atoms with Gasteiger partial charge in [0, 0.05) is 21.7 Å². The molecule has 0 saturated heterocycles. The predicted octanol–water partition coefficient (Wildman–Crippen LogP) is 5.24. The molecule has 0 saturated carbocycles. The molecular weight excluding hydrogens is 404 g/mol. The molecule has 7 heteroatoms. The minimum atomic E-state index is -0.918. The van der Waals surface area contributed by atoms with Crippen LogP contribution >= 0.6 is 23.1 Å². The minimum absolute atomic E-state index is 0.361. The molecule has 1 amide bonds. The Morgan fingerprint density at radius 2 is 2.00 bits per heavy atom. The first-order valence-corrected chi connectivity index (χ1v) is 11.0. The average Bonchev–Trinajstić information content (AvgIpc) is 3.23. The summed E-state index contributed by atoms with van der Waals surface area (Å²) in [7, 11) is 0. The van der Waals surface area contributed by atoms with Gasteiger partial charge in [-0.3, -0.25) is 4.79 Å². The van der Waals surface area contributed by atoms with Gasteiger partial charge in [0.25, 0.3) is 5.91 Å². The van der Waals surface area contributed by atoms with Crippen molar-refractivity contribution in [1.29, 1.82) is 0 Å². The van der Waals surface area contributed by atoms with Crippen LogP contribution in [0, 0.1) is 13.8 Å². The highest BCUT2D eigenvalue weighted by atomic mass is 32.2. The number of hydrogen-bond acceptors (Lipinski definition) is 6. The van der Waals surface area contributed by atoms with Gasteiger partial charge in [-0.15, -0.1) is 23.1 Å². The average molecular weight is 427 g/mol. The van der Waals surface area contributed by atoms with Gasteiger partial charge < -0.3 is 10.1 Å². The van der Waals surface area contributed by atoms with Gasteiger partial charge in [0.15, 0.2) is 6.10 Å². The smallest absolute Gasteiger partial charge is 0.340 e. The van der Waals surface area contributed by atoms with Crippen molar-refractivity contribution >= 4 is 40.7 Å². The van der Waals surface area contributed by atoms with Gasteiger partial charge >= 0.3 is 5.97 Å². The predicted molar refractivity (Wildman–Crippen MR) is 118 cm³/mol. The lowest BCUT2D eigenvalue weighted by atomic mass is 10.1. The van der Waals surface area contributed by atoms with Crippen molar-refractivity contribution in [2.75, 3.05) is 5.32 Å². The van der Waals surface area contributed by atoms with E-state index in [2.05, 4.69) is 10.3 Å². The van der Waals surface area contributed by atoms with E-state index in [1.54, 1.807) is 24.6 Å². The molecule has 1 atom stereocenters. The first-order valence-electron chi connectivity index (χ1n) is 9.12. The number of aromatic nitrogens is 1. The van der Waals surface area contributed by atoms with E-state index in [0.29, 0.717) is 11.3 Å². The number of anilines is 1. The topological polar surface area (TPSA) is 68.3 Å². The second kappa shape index (κ2) is 9.71. The Morgan fingerprint density at radius 3 is 2.76 bits per heavy atom. The van der Waals surface area contributed by atoms with Gasteiger partial charge in [-0.2, -0.15) is 0 Å². The van der Waals surface area contributed by atoms with E-state index in [1.165, 1.54) is 23.1 Å². The number of hydrogen-bond donors (Lipinski definition) is 1. The lowest BCUT2D eigenvalue weighted by Crippen LogP contribution is -2.30. The summed E-state index contributed by atoms with van der Waals surface area (Å²) in [6, 6.07) is 13.1. The summed E-state index contributed by atoms with van der Waals surface area (Å²) in [5.74, 6) is -0.217. The number of thioether (sulfide) groups is 1. The number of esters is 1. The molecule has 0 spiro atoms.